The number of nitrogens with zero attached hydrogens (tertiary/aromatic N) is 1. The zero-order valence-corrected chi connectivity index (χ0v) is 7.06. The second kappa shape index (κ2) is 2.08. The van der Waals surface area contributed by atoms with Crippen molar-refractivity contribution in [3.05, 3.63) is 29.8 Å². The van der Waals surface area contributed by atoms with E-state index in [2.05, 4.69) is 33.8 Å². The molecule has 0 saturated heterocycles. The molecule has 2 nitrogen and oxygen atoms in total. The summed E-state index contributed by atoms with van der Waals surface area (Å²) >= 11 is 1.76. The molecule has 0 aliphatic rings. The summed E-state index contributed by atoms with van der Waals surface area (Å²) < 4.78 is 1.31. The van der Waals surface area contributed by atoms with E-state index in [4.69, 9.17) is 0 Å². The minimum absolute atomic E-state index is 1.12. The predicted molar refractivity (Wildman–Crippen MR) is 51.5 cm³/mol. The summed E-state index contributed by atoms with van der Waals surface area (Å²) in [6, 6.07) is 6.43. The molecule has 0 aliphatic carbocycles. The first kappa shape index (κ1) is 6.20. The lowest BCUT2D eigenvalue weighted by atomic mass is 10.2. The Hall–Kier alpha value is -1.35. The molecule has 0 saturated carbocycles. The minimum atomic E-state index is 1.12. The van der Waals surface area contributed by atoms with Gasteiger partial charge in [-0.2, -0.15) is 5.10 Å². The highest BCUT2D eigenvalue weighted by molar-refractivity contribution is 7.17. The summed E-state index contributed by atoms with van der Waals surface area (Å²) in [5, 5.41) is 11.5. The second-order valence-electron chi connectivity index (χ2n) is 2.77. The van der Waals surface area contributed by atoms with Gasteiger partial charge >= 0.3 is 0 Å². The van der Waals surface area contributed by atoms with Gasteiger partial charge in [-0.05, 0) is 29.0 Å². The topological polar surface area (TPSA) is 28.7 Å². The minimum Gasteiger partial charge on any atom is -0.278 e. The van der Waals surface area contributed by atoms with Gasteiger partial charge in [-0.15, -0.1) is 11.3 Å². The van der Waals surface area contributed by atoms with Gasteiger partial charge < -0.3 is 0 Å². The summed E-state index contributed by atoms with van der Waals surface area (Å²) in [7, 11) is 0. The Kier molecular flexibility index (Phi) is 1.07. The third kappa shape index (κ3) is 0.713. The van der Waals surface area contributed by atoms with Crippen LogP contribution < -0.4 is 0 Å². The number of benzene rings is 1. The second-order valence-corrected chi connectivity index (χ2v) is 3.72. The van der Waals surface area contributed by atoms with Gasteiger partial charge in [0.05, 0.1) is 11.7 Å². The quantitative estimate of drug-likeness (QED) is 0.557. The Balaban J connectivity index is 2.62. The molecule has 0 bridgehead atoms. The van der Waals surface area contributed by atoms with E-state index in [1.54, 1.807) is 11.3 Å². The highest BCUT2D eigenvalue weighted by Crippen LogP contribution is 2.25. The van der Waals surface area contributed by atoms with Crippen molar-refractivity contribution in [1.82, 2.24) is 10.2 Å². The van der Waals surface area contributed by atoms with E-state index >= 15 is 0 Å². The first-order chi connectivity index (χ1) is 5.93. The van der Waals surface area contributed by atoms with Crippen LogP contribution in [0.25, 0.3) is 21.0 Å². The van der Waals surface area contributed by atoms with Crippen molar-refractivity contribution in [3.63, 3.8) is 0 Å². The fourth-order valence-electron chi connectivity index (χ4n) is 1.40. The fraction of sp³-hybridized carbons (Fsp3) is 0. The maximum Gasteiger partial charge on any atom is 0.0664 e. The molecule has 12 heavy (non-hydrogen) atoms. The largest absolute Gasteiger partial charge is 0.278 e. The van der Waals surface area contributed by atoms with Crippen molar-refractivity contribution in [2.75, 3.05) is 0 Å². The van der Waals surface area contributed by atoms with Crippen LogP contribution in [-0.2, 0) is 0 Å². The van der Waals surface area contributed by atoms with E-state index < -0.39 is 0 Å². The van der Waals surface area contributed by atoms with Gasteiger partial charge in [0.2, 0.25) is 0 Å². The van der Waals surface area contributed by atoms with Crippen LogP contribution in [0.2, 0.25) is 0 Å². The van der Waals surface area contributed by atoms with Gasteiger partial charge in [0.15, 0.2) is 0 Å². The monoisotopic (exact) mass is 174 g/mol. The zero-order valence-electron chi connectivity index (χ0n) is 6.24. The molecule has 0 amide bonds. The Labute approximate surface area is 72.8 Å². The van der Waals surface area contributed by atoms with Crippen molar-refractivity contribution < 1.29 is 0 Å². The Morgan fingerprint density at radius 1 is 1.25 bits per heavy atom. The van der Waals surface area contributed by atoms with Gasteiger partial charge in [-0.3, -0.25) is 5.10 Å². The number of aromatic nitrogens is 2. The Bertz CT molecular complexity index is 444. The maximum atomic E-state index is 3.98. The van der Waals surface area contributed by atoms with Crippen LogP contribution in [0.1, 0.15) is 0 Å². The summed E-state index contributed by atoms with van der Waals surface area (Å²) in [5.74, 6) is 0. The number of nitrogens with one attached hydrogen (secondary N) is 1. The van der Waals surface area contributed by atoms with Crippen LogP contribution in [-0.4, -0.2) is 10.2 Å². The SMILES string of the molecule is c1cc2cc3cn[nH]c3cc2s1. The Morgan fingerprint density at radius 3 is 3.25 bits per heavy atom. The molecule has 0 unspecified atom stereocenters. The third-order valence-corrected chi connectivity index (χ3v) is 2.89. The summed E-state index contributed by atoms with van der Waals surface area (Å²) in [6.45, 7) is 0. The molecule has 58 valence electrons. The molecule has 0 spiro atoms. The lowest BCUT2D eigenvalue weighted by molar-refractivity contribution is 1.12. The number of fused-ring (bicyclic) bond motifs is 2. The molecule has 0 aliphatic heterocycles. The standard InChI is InChI=1S/C9H6N2S/c1-2-12-9-4-8-7(3-6(1)9)5-10-11-8/h1-5H,(H,10,11). The van der Waals surface area contributed by atoms with Crippen molar-refractivity contribution in [2.45, 2.75) is 0 Å². The number of rotatable bonds is 0. The van der Waals surface area contributed by atoms with E-state index in [0.29, 0.717) is 0 Å². The first-order valence-corrected chi connectivity index (χ1v) is 4.62. The molecule has 0 fully saturated rings. The highest BCUT2D eigenvalue weighted by atomic mass is 32.1. The van der Waals surface area contributed by atoms with Crippen LogP contribution in [0, 0.1) is 0 Å². The van der Waals surface area contributed by atoms with Crippen molar-refractivity contribution in [3.8, 4) is 0 Å². The van der Waals surface area contributed by atoms with Gasteiger partial charge in [-0.1, -0.05) is 0 Å². The van der Waals surface area contributed by atoms with Gasteiger partial charge in [0, 0.05) is 10.1 Å². The zero-order chi connectivity index (χ0) is 7.97. The molecule has 2 heterocycles. The van der Waals surface area contributed by atoms with Crippen LogP contribution in [0.3, 0.4) is 0 Å². The normalized spacial score (nSPS) is 11.3. The van der Waals surface area contributed by atoms with Gasteiger partial charge in [0.1, 0.15) is 0 Å². The number of hydrogen-bond acceptors (Lipinski definition) is 2. The van der Waals surface area contributed by atoms with Crippen molar-refractivity contribution in [2.24, 2.45) is 0 Å². The molecular weight excluding hydrogens is 168 g/mol. The van der Waals surface area contributed by atoms with Crippen LogP contribution in [0.5, 0.6) is 0 Å². The summed E-state index contributed by atoms with van der Waals surface area (Å²) in [4.78, 5) is 0. The van der Waals surface area contributed by atoms with Crippen LogP contribution >= 0.6 is 11.3 Å². The summed E-state index contributed by atoms with van der Waals surface area (Å²) in [6.07, 6.45) is 1.85. The number of H-pyrrole nitrogens is 1. The predicted octanol–water partition coefficient (Wildman–Crippen LogP) is 2.78. The number of aromatic amines is 1. The van der Waals surface area contributed by atoms with Crippen LogP contribution in [0.15, 0.2) is 29.8 Å². The van der Waals surface area contributed by atoms with E-state index in [0.717, 1.165) is 5.52 Å². The lowest BCUT2D eigenvalue weighted by Crippen LogP contribution is -1.66. The molecule has 0 radical (unpaired) electrons. The summed E-state index contributed by atoms with van der Waals surface area (Å²) in [5.41, 5.74) is 1.12. The van der Waals surface area contributed by atoms with E-state index in [9.17, 15) is 0 Å². The Morgan fingerprint density at radius 2 is 2.25 bits per heavy atom. The lowest BCUT2D eigenvalue weighted by Gasteiger charge is -1.88. The third-order valence-electron chi connectivity index (χ3n) is 2.01. The number of hydrogen-bond donors (Lipinski definition) is 1. The van der Waals surface area contributed by atoms with E-state index in [1.807, 2.05) is 6.20 Å². The smallest absolute Gasteiger partial charge is 0.0664 e. The maximum absolute atomic E-state index is 3.98. The van der Waals surface area contributed by atoms with E-state index in [1.165, 1.54) is 15.5 Å². The first-order valence-electron chi connectivity index (χ1n) is 3.74. The van der Waals surface area contributed by atoms with Gasteiger partial charge in [-0.25, -0.2) is 0 Å². The van der Waals surface area contributed by atoms with Crippen LogP contribution in [0.4, 0.5) is 0 Å². The van der Waals surface area contributed by atoms with E-state index in [-0.39, 0.29) is 0 Å². The molecule has 2 aromatic heterocycles. The highest BCUT2D eigenvalue weighted by Gasteiger charge is 1.98. The molecule has 3 aromatic rings. The fourth-order valence-corrected chi connectivity index (χ4v) is 2.21. The average Bonchev–Trinajstić information content (AvgIpc) is 2.64. The molecular formula is C9H6N2S. The molecule has 0 atom stereocenters. The van der Waals surface area contributed by atoms with Crippen molar-refractivity contribution >= 4 is 32.3 Å². The van der Waals surface area contributed by atoms with Crippen molar-refractivity contribution in [1.29, 1.82) is 0 Å². The number of thiophene rings is 1. The average molecular weight is 174 g/mol. The molecule has 1 aromatic carbocycles. The molecule has 3 rings (SSSR count). The molecule has 1 N–H and O–H groups in total. The molecule has 3 heteroatoms. The van der Waals surface area contributed by atoms with Gasteiger partial charge in [0.25, 0.3) is 0 Å².